The van der Waals surface area contributed by atoms with Crippen molar-refractivity contribution >= 4 is 40.3 Å². The molecule has 0 N–H and O–H groups in total. The number of ether oxygens (including phenoxy) is 3. The van der Waals surface area contributed by atoms with Crippen LogP contribution in [0.1, 0.15) is 71.3 Å². The number of rotatable bonds is 6. The monoisotopic (exact) mass is 684 g/mol. The van der Waals surface area contributed by atoms with Gasteiger partial charge in [0, 0.05) is 29.9 Å². The van der Waals surface area contributed by atoms with E-state index >= 15 is 0 Å². The Bertz CT molecular complexity index is 2020. The predicted molar refractivity (Wildman–Crippen MR) is 183 cm³/mol. The Labute approximate surface area is 290 Å². The molecule has 2 aliphatic heterocycles. The fourth-order valence-electron chi connectivity index (χ4n) is 7.30. The van der Waals surface area contributed by atoms with E-state index in [-0.39, 0.29) is 47.8 Å². The number of esters is 1. The van der Waals surface area contributed by atoms with Gasteiger partial charge in [-0.3, -0.25) is 14.5 Å². The van der Waals surface area contributed by atoms with Crippen LogP contribution in [0.4, 0.5) is 4.79 Å². The Morgan fingerprint density at radius 2 is 1.70 bits per heavy atom. The third-order valence-corrected chi connectivity index (χ3v) is 9.64. The minimum Gasteiger partial charge on any atom is -0.456 e. The van der Waals surface area contributed by atoms with Crippen LogP contribution in [-0.4, -0.2) is 89.8 Å². The first-order chi connectivity index (χ1) is 23.4. The number of benzene rings is 1. The third kappa shape index (κ3) is 6.12. The number of imide groups is 1. The molecule has 3 aliphatic rings. The molecule has 264 valence electrons. The third-order valence-electron chi connectivity index (χ3n) is 9.64. The number of carbonyl (C=O) groups excluding carboxylic acids is 4. The molecule has 13 heteroatoms. The number of nitrogens with zero attached hydrogens (tertiary/aromatic N) is 6. The van der Waals surface area contributed by atoms with Crippen LogP contribution in [0.2, 0.25) is 0 Å². The second-order valence-corrected chi connectivity index (χ2v) is 16.2. The van der Waals surface area contributed by atoms with Crippen molar-refractivity contribution in [2.45, 2.75) is 85.8 Å². The molecule has 7 rings (SSSR count). The molecule has 3 fully saturated rings. The van der Waals surface area contributed by atoms with E-state index in [4.69, 9.17) is 19.2 Å². The number of fused-ring (bicyclic) bond motifs is 3. The molecular formula is C37H44N6O7. The highest BCUT2D eigenvalue weighted by Gasteiger charge is 2.72. The molecule has 3 atom stereocenters. The summed E-state index contributed by atoms with van der Waals surface area (Å²) in [5.74, 6) is -1.25. The first-order valence-electron chi connectivity index (χ1n) is 17.0. The van der Waals surface area contributed by atoms with Gasteiger partial charge in [-0.2, -0.15) is 5.10 Å². The fourth-order valence-corrected chi connectivity index (χ4v) is 7.30. The highest BCUT2D eigenvalue weighted by molar-refractivity contribution is 6.10. The second-order valence-electron chi connectivity index (χ2n) is 16.2. The Morgan fingerprint density at radius 1 is 1.00 bits per heavy atom. The highest BCUT2D eigenvalue weighted by atomic mass is 16.6. The molecule has 1 aromatic carbocycles. The van der Waals surface area contributed by atoms with E-state index in [0.29, 0.717) is 48.6 Å². The highest BCUT2D eigenvalue weighted by Crippen LogP contribution is 2.63. The normalized spacial score (nSPS) is 22.0. The summed E-state index contributed by atoms with van der Waals surface area (Å²) >= 11 is 0. The number of hydrogen-bond donors (Lipinski definition) is 0. The van der Waals surface area contributed by atoms with Crippen molar-refractivity contribution in [3.63, 3.8) is 0 Å². The van der Waals surface area contributed by atoms with Crippen molar-refractivity contribution in [3.8, 4) is 11.3 Å². The Balaban J connectivity index is 1.25. The van der Waals surface area contributed by atoms with Gasteiger partial charge in [-0.15, -0.1) is 0 Å². The lowest BCUT2D eigenvalue weighted by molar-refractivity contribution is -0.143. The molecule has 1 saturated carbocycles. The molecule has 0 radical (unpaired) electrons. The lowest BCUT2D eigenvalue weighted by Crippen LogP contribution is -2.48. The van der Waals surface area contributed by atoms with E-state index in [1.54, 1.807) is 27.7 Å². The molecule has 3 aromatic heterocycles. The second kappa shape index (κ2) is 11.6. The fraction of sp³-hybridized carbons (Fsp3) is 0.514. The van der Waals surface area contributed by atoms with Crippen LogP contribution >= 0.6 is 0 Å². The number of amides is 3. The lowest BCUT2D eigenvalue weighted by Gasteiger charge is -2.34. The van der Waals surface area contributed by atoms with Gasteiger partial charge in [0.2, 0.25) is 11.8 Å². The Kier molecular flexibility index (Phi) is 7.85. The van der Waals surface area contributed by atoms with Crippen LogP contribution in [0.25, 0.3) is 27.7 Å². The van der Waals surface area contributed by atoms with E-state index in [2.05, 4.69) is 5.10 Å². The van der Waals surface area contributed by atoms with Crippen molar-refractivity contribution in [1.29, 1.82) is 0 Å². The van der Waals surface area contributed by atoms with E-state index in [1.165, 1.54) is 11.2 Å². The molecule has 5 heterocycles. The number of likely N-dealkylation sites (tertiary alicyclic amines) is 1. The molecule has 50 heavy (non-hydrogen) atoms. The lowest BCUT2D eigenvalue weighted by atomic mass is 10.0. The van der Waals surface area contributed by atoms with Crippen molar-refractivity contribution in [3.05, 3.63) is 54.1 Å². The minimum absolute atomic E-state index is 0.133. The van der Waals surface area contributed by atoms with E-state index < -0.39 is 17.2 Å². The summed E-state index contributed by atoms with van der Waals surface area (Å²) in [6, 6.07) is 7.39. The SMILES string of the molecule is CC(C)(C)OC(=O)c1cc(-c2ncnn3cc(CN4C(=O)C5C(C4=O)C5(C)C)cc23)c2c(ccn2C[C@@H]2CN(C(=O)OC(C)(C)C)CCO2)c1. The smallest absolute Gasteiger partial charge is 0.410 e. The number of hydrogen-bond acceptors (Lipinski definition) is 9. The van der Waals surface area contributed by atoms with Gasteiger partial charge < -0.3 is 23.7 Å². The first-order valence-corrected chi connectivity index (χ1v) is 17.0. The van der Waals surface area contributed by atoms with Crippen molar-refractivity contribution in [2.75, 3.05) is 19.7 Å². The molecule has 2 saturated heterocycles. The predicted octanol–water partition coefficient (Wildman–Crippen LogP) is 5.08. The van der Waals surface area contributed by atoms with Crippen molar-refractivity contribution < 1.29 is 33.4 Å². The molecule has 1 aliphatic carbocycles. The maximum Gasteiger partial charge on any atom is 0.410 e. The van der Waals surface area contributed by atoms with Gasteiger partial charge >= 0.3 is 12.1 Å². The summed E-state index contributed by atoms with van der Waals surface area (Å²) < 4.78 is 21.2. The van der Waals surface area contributed by atoms with Gasteiger partial charge in [0.25, 0.3) is 0 Å². The van der Waals surface area contributed by atoms with E-state index in [0.717, 1.165) is 16.5 Å². The zero-order valence-corrected chi connectivity index (χ0v) is 29.9. The van der Waals surface area contributed by atoms with Gasteiger partial charge in [0.1, 0.15) is 17.5 Å². The standard InChI is InChI=1S/C37H44N6O7/c1-35(2,3)49-33(46)23-14-22-9-10-40(18-24-19-41(11-12-48-24)34(47)50-36(4,5)6)30(22)25(15-23)29-26-13-21(17-43(26)39-20-38-29)16-42-31(44)27-28(32(42)45)37(27,7)8/h9-10,13-15,17,20,24,27-28H,11-12,16,18-19H2,1-8H3/t24-,27?,28?/m1/s1. The van der Waals surface area contributed by atoms with Gasteiger partial charge in [-0.05, 0) is 76.8 Å². The van der Waals surface area contributed by atoms with Crippen LogP contribution < -0.4 is 0 Å². The van der Waals surface area contributed by atoms with Gasteiger partial charge in [-0.25, -0.2) is 19.1 Å². The van der Waals surface area contributed by atoms with Crippen LogP contribution in [0.3, 0.4) is 0 Å². The number of morpholine rings is 1. The van der Waals surface area contributed by atoms with Crippen LogP contribution in [0, 0.1) is 17.3 Å². The van der Waals surface area contributed by atoms with E-state index in [9.17, 15) is 19.2 Å². The molecule has 13 nitrogen and oxygen atoms in total. The molecular weight excluding hydrogens is 640 g/mol. The maximum atomic E-state index is 13.4. The summed E-state index contributed by atoms with van der Waals surface area (Å²) in [7, 11) is 0. The van der Waals surface area contributed by atoms with Crippen LogP contribution in [0.15, 0.2) is 43.0 Å². The number of aromatic nitrogens is 4. The zero-order chi connectivity index (χ0) is 35.9. The van der Waals surface area contributed by atoms with E-state index in [1.807, 2.05) is 78.3 Å². The van der Waals surface area contributed by atoms with Crippen LogP contribution in [0.5, 0.6) is 0 Å². The molecule has 2 unspecified atom stereocenters. The minimum atomic E-state index is -0.699. The summed E-state index contributed by atoms with van der Waals surface area (Å²) in [5.41, 5.74) is 2.19. The van der Waals surface area contributed by atoms with Crippen molar-refractivity contribution in [2.24, 2.45) is 17.3 Å². The largest absolute Gasteiger partial charge is 0.456 e. The van der Waals surface area contributed by atoms with Crippen molar-refractivity contribution in [1.82, 2.24) is 29.0 Å². The van der Waals surface area contributed by atoms with Gasteiger partial charge in [0.15, 0.2) is 0 Å². The van der Waals surface area contributed by atoms with Crippen LogP contribution in [-0.2, 0) is 36.9 Å². The summed E-state index contributed by atoms with van der Waals surface area (Å²) in [6.45, 7) is 16.6. The maximum absolute atomic E-state index is 13.4. The zero-order valence-electron chi connectivity index (χ0n) is 29.9. The number of carbonyl (C=O) groups is 4. The molecule has 3 amide bonds. The quantitative estimate of drug-likeness (QED) is 0.201. The Hall–Kier alpha value is -4.78. The topological polar surface area (TPSA) is 138 Å². The average molecular weight is 685 g/mol. The molecule has 4 aromatic rings. The Morgan fingerprint density at radius 3 is 2.38 bits per heavy atom. The first kappa shape index (κ1) is 33.7. The summed E-state index contributed by atoms with van der Waals surface area (Å²) in [5, 5.41) is 5.23. The summed E-state index contributed by atoms with van der Waals surface area (Å²) in [4.78, 5) is 60.2. The summed E-state index contributed by atoms with van der Waals surface area (Å²) in [6.07, 6.45) is 4.48. The van der Waals surface area contributed by atoms with Gasteiger partial charge in [-0.1, -0.05) is 13.8 Å². The average Bonchev–Trinajstić information content (AvgIpc) is 3.36. The number of piperidine rings is 1. The molecule has 0 spiro atoms. The molecule has 0 bridgehead atoms. The van der Waals surface area contributed by atoms with Gasteiger partial charge in [0.05, 0.1) is 66.5 Å².